The summed E-state index contributed by atoms with van der Waals surface area (Å²) in [6.07, 6.45) is 6.59. The largest absolute Gasteiger partial charge is 0.497 e. The van der Waals surface area contributed by atoms with Crippen LogP contribution in [-0.2, 0) is 0 Å². The first kappa shape index (κ1) is 13.6. The van der Waals surface area contributed by atoms with Crippen LogP contribution in [0.25, 0.3) is 0 Å². The Kier molecular flexibility index (Phi) is 4.80. The van der Waals surface area contributed by atoms with E-state index in [-0.39, 0.29) is 6.04 Å². The van der Waals surface area contributed by atoms with Crippen molar-refractivity contribution in [3.8, 4) is 5.75 Å². The zero-order chi connectivity index (χ0) is 13.0. The van der Waals surface area contributed by atoms with E-state index >= 15 is 0 Å². The highest BCUT2D eigenvalue weighted by Crippen LogP contribution is 2.28. The summed E-state index contributed by atoms with van der Waals surface area (Å²) in [4.78, 5) is 0. The number of hydrogen-bond acceptors (Lipinski definition) is 3. The van der Waals surface area contributed by atoms with E-state index in [2.05, 4.69) is 33.4 Å². The molecule has 2 rings (SSSR count). The molecular weight excluding hydrogens is 292 g/mol. The van der Waals surface area contributed by atoms with Crippen molar-refractivity contribution in [1.82, 2.24) is 5.32 Å². The average molecular weight is 311 g/mol. The number of hydrogen-bond donors (Lipinski definition) is 2. The van der Waals surface area contributed by atoms with Gasteiger partial charge in [0.05, 0.1) is 7.11 Å². The maximum atomic E-state index is 5.90. The summed E-state index contributed by atoms with van der Waals surface area (Å²) in [5.74, 6) is 0.859. The lowest BCUT2D eigenvalue weighted by Crippen LogP contribution is -2.35. The molecule has 1 aliphatic carbocycles. The van der Waals surface area contributed by atoms with Crippen molar-refractivity contribution in [2.24, 2.45) is 5.73 Å². The highest BCUT2D eigenvalue weighted by molar-refractivity contribution is 9.10. The van der Waals surface area contributed by atoms with Gasteiger partial charge in [-0.2, -0.15) is 0 Å². The molecule has 1 atom stereocenters. The zero-order valence-corrected chi connectivity index (χ0v) is 12.1. The number of nitrogens with one attached hydrogen (secondary N) is 1. The highest BCUT2D eigenvalue weighted by Gasteiger charge is 2.19. The molecule has 3 nitrogen and oxygen atoms in total. The van der Waals surface area contributed by atoms with Crippen molar-refractivity contribution in [2.45, 2.75) is 24.9 Å². The van der Waals surface area contributed by atoms with Crippen LogP contribution in [0.5, 0.6) is 5.75 Å². The van der Waals surface area contributed by atoms with Gasteiger partial charge in [-0.1, -0.05) is 28.1 Å². The summed E-state index contributed by atoms with van der Waals surface area (Å²) in [6, 6.07) is 6.64. The van der Waals surface area contributed by atoms with Gasteiger partial charge in [-0.3, -0.25) is 0 Å². The Hall–Kier alpha value is -0.840. The van der Waals surface area contributed by atoms with E-state index in [4.69, 9.17) is 10.5 Å². The number of nitrogens with two attached hydrogens (primary N) is 1. The number of benzene rings is 1. The van der Waals surface area contributed by atoms with Crippen LogP contribution in [0.1, 0.15) is 24.4 Å². The molecule has 98 valence electrons. The van der Waals surface area contributed by atoms with Crippen molar-refractivity contribution in [3.05, 3.63) is 40.4 Å². The molecule has 4 heteroatoms. The van der Waals surface area contributed by atoms with E-state index in [1.807, 2.05) is 18.2 Å². The molecule has 1 aromatic rings. The van der Waals surface area contributed by atoms with Gasteiger partial charge in [-0.15, -0.1) is 0 Å². The third kappa shape index (κ3) is 3.13. The summed E-state index contributed by atoms with van der Waals surface area (Å²) < 4.78 is 6.34. The van der Waals surface area contributed by atoms with Gasteiger partial charge in [0.2, 0.25) is 0 Å². The molecule has 0 aromatic heterocycles. The fourth-order valence-electron chi connectivity index (χ4n) is 2.24. The lowest BCUT2D eigenvalue weighted by molar-refractivity contribution is 0.410. The van der Waals surface area contributed by atoms with Crippen molar-refractivity contribution < 1.29 is 4.74 Å². The Balaban J connectivity index is 2.15. The number of halogens is 1. The Morgan fingerprint density at radius 2 is 2.17 bits per heavy atom. The molecule has 0 bridgehead atoms. The van der Waals surface area contributed by atoms with Crippen LogP contribution in [0, 0.1) is 0 Å². The lowest BCUT2D eigenvalue weighted by atomic mass is 10.0. The smallest absolute Gasteiger partial charge is 0.119 e. The maximum absolute atomic E-state index is 5.90. The summed E-state index contributed by atoms with van der Waals surface area (Å²) in [7, 11) is 1.68. The molecule has 0 saturated heterocycles. The maximum Gasteiger partial charge on any atom is 0.119 e. The minimum atomic E-state index is 0.152. The molecule has 0 amide bonds. The third-order valence-corrected chi connectivity index (χ3v) is 3.98. The van der Waals surface area contributed by atoms with Crippen molar-refractivity contribution in [3.63, 3.8) is 0 Å². The molecule has 0 radical (unpaired) electrons. The van der Waals surface area contributed by atoms with Crippen LogP contribution in [0.4, 0.5) is 0 Å². The zero-order valence-electron chi connectivity index (χ0n) is 10.5. The van der Waals surface area contributed by atoms with Crippen LogP contribution in [0.15, 0.2) is 34.8 Å². The standard InChI is InChI=1S/C14H19BrN2O/c1-18-11-6-7-13(15)12(8-11)14(9-16)17-10-4-2-3-5-10/h2-3,6-8,10,14,17H,4-5,9,16H2,1H3. The third-order valence-electron chi connectivity index (χ3n) is 3.26. The van der Waals surface area contributed by atoms with Gasteiger partial charge < -0.3 is 15.8 Å². The van der Waals surface area contributed by atoms with Crippen LogP contribution in [-0.4, -0.2) is 19.7 Å². The molecule has 0 fully saturated rings. The van der Waals surface area contributed by atoms with Crippen LogP contribution in [0.3, 0.4) is 0 Å². The summed E-state index contributed by atoms with van der Waals surface area (Å²) >= 11 is 3.58. The fraction of sp³-hybridized carbons (Fsp3) is 0.429. The van der Waals surface area contributed by atoms with Crippen LogP contribution >= 0.6 is 15.9 Å². The second kappa shape index (κ2) is 6.36. The SMILES string of the molecule is COc1ccc(Br)c(C(CN)NC2CC=CC2)c1. The first-order valence-corrected chi connectivity index (χ1v) is 6.98. The molecule has 1 aliphatic rings. The summed E-state index contributed by atoms with van der Waals surface area (Å²) in [6.45, 7) is 0.572. The molecule has 0 saturated carbocycles. The Bertz CT molecular complexity index is 426. The van der Waals surface area contributed by atoms with E-state index in [1.165, 1.54) is 0 Å². The molecule has 0 heterocycles. The van der Waals surface area contributed by atoms with Crippen molar-refractivity contribution in [1.29, 1.82) is 0 Å². The molecule has 1 aromatic carbocycles. The monoisotopic (exact) mass is 310 g/mol. The molecule has 1 unspecified atom stereocenters. The predicted molar refractivity (Wildman–Crippen MR) is 77.8 cm³/mol. The normalized spacial score (nSPS) is 17.1. The molecule has 0 aliphatic heterocycles. The van der Waals surface area contributed by atoms with Gasteiger partial charge in [0, 0.05) is 23.1 Å². The van der Waals surface area contributed by atoms with E-state index < -0.39 is 0 Å². The minimum Gasteiger partial charge on any atom is -0.497 e. The molecular formula is C14H19BrN2O. The summed E-state index contributed by atoms with van der Waals surface area (Å²) in [5, 5.41) is 3.60. The minimum absolute atomic E-state index is 0.152. The predicted octanol–water partition coefficient (Wildman–Crippen LogP) is 2.77. The van der Waals surface area contributed by atoms with Crippen LogP contribution in [0.2, 0.25) is 0 Å². The number of ether oxygens (including phenoxy) is 1. The molecule has 0 spiro atoms. The van der Waals surface area contributed by atoms with E-state index in [0.717, 1.165) is 28.6 Å². The number of rotatable bonds is 5. The Morgan fingerprint density at radius 1 is 1.44 bits per heavy atom. The van der Waals surface area contributed by atoms with Gasteiger partial charge in [0.1, 0.15) is 5.75 Å². The van der Waals surface area contributed by atoms with Gasteiger partial charge in [0.25, 0.3) is 0 Å². The molecule has 3 N–H and O–H groups in total. The van der Waals surface area contributed by atoms with Crippen molar-refractivity contribution >= 4 is 15.9 Å². The second-order valence-electron chi connectivity index (χ2n) is 4.48. The second-order valence-corrected chi connectivity index (χ2v) is 5.34. The Morgan fingerprint density at radius 3 is 2.78 bits per heavy atom. The lowest BCUT2D eigenvalue weighted by Gasteiger charge is -2.23. The quantitative estimate of drug-likeness (QED) is 0.822. The van der Waals surface area contributed by atoms with E-state index in [9.17, 15) is 0 Å². The van der Waals surface area contributed by atoms with Gasteiger partial charge in [0.15, 0.2) is 0 Å². The first-order valence-electron chi connectivity index (χ1n) is 6.19. The van der Waals surface area contributed by atoms with Crippen molar-refractivity contribution in [2.75, 3.05) is 13.7 Å². The number of methoxy groups -OCH3 is 1. The van der Waals surface area contributed by atoms with E-state index in [1.54, 1.807) is 7.11 Å². The highest BCUT2D eigenvalue weighted by atomic mass is 79.9. The molecule has 18 heavy (non-hydrogen) atoms. The van der Waals surface area contributed by atoms with Gasteiger partial charge >= 0.3 is 0 Å². The first-order chi connectivity index (χ1) is 8.74. The van der Waals surface area contributed by atoms with Gasteiger partial charge in [-0.25, -0.2) is 0 Å². The fourth-order valence-corrected chi connectivity index (χ4v) is 2.76. The topological polar surface area (TPSA) is 47.3 Å². The summed E-state index contributed by atoms with van der Waals surface area (Å²) in [5.41, 5.74) is 7.06. The van der Waals surface area contributed by atoms with Gasteiger partial charge in [-0.05, 0) is 36.6 Å². The Labute approximate surface area is 117 Å². The average Bonchev–Trinajstić information content (AvgIpc) is 2.90. The van der Waals surface area contributed by atoms with Crippen LogP contribution < -0.4 is 15.8 Å². The van der Waals surface area contributed by atoms with E-state index in [0.29, 0.717) is 12.6 Å².